The standard InChI is InChI=1S/C17H21N3O2S/c1-3-16-18-12-15(23-16)17(21)20-10-8-19(9-11-20)13-6-4-5-7-14(13)22-2/h4-7,12H,3,8-11H2,1-2H3. The van der Waals surface area contributed by atoms with E-state index in [4.69, 9.17) is 4.74 Å². The number of piperazine rings is 1. The van der Waals surface area contributed by atoms with Crippen LogP contribution in [-0.2, 0) is 6.42 Å². The molecule has 1 aliphatic heterocycles. The van der Waals surface area contributed by atoms with Gasteiger partial charge in [0.1, 0.15) is 10.6 Å². The summed E-state index contributed by atoms with van der Waals surface area (Å²) in [5, 5.41) is 1.01. The van der Waals surface area contributed by atoms with E-state index in [-0.39, 0.29) is 5.91 Å². The van der Waals surface area contributed by atoms with Crippen LogP contribution in [0.3, 0.4) is 0 Å². The molecule has 23 heavy (non-hydrogen) atoms. The lowest BCUT2D eigenvalue weighted by Crippen LogP contribution is -2.48. The molecule has 122 valence electrons. The van der Waals surface area contributed by atoms with Gasteiger partial charge in [0.25, 0.3) is 5.91 Å². The summed E-state index contributed by atoms with van der Waals surface area (Å²) in [6, 6.07) is 8.01. The summed E-state index contributed by atoms with van der Waals surface area (Å²) in [5.41, 5.74) is 1.09. The first-order valence-corrected chi connectivity index (χ1v) is 8.66. The number of benzene rings is 1. The molecule has 1 saturated heterocycles. The summed E-state index contributed by atoms with van der Waals surface area (Å²) in [4.78, 5) is 21.8. The highest BCUT2D eigenvalue weighted by Crippen LogP contribution is 2.28. The van der Waals surface area contributed by atoms with E-state index in [9.17, 15) is 4.79 Å². The average molecular weight is 331 g/mol. The fraction of sp³-hybridized carbons (Fsp3) is 0.412. The minimum atomic E-state index is 0.0990. The van der Waals surface area contributed by atoms with Crippen molar-refractivity contribution in [1.29, 1.82) is 0 Å². The van der Waals surface area contributed by atoms with E-state index in [0.717, 1.165) is 53.9 Å². The van der Waals surface area contributed by atoms with Gasteiger partial charge in [-0.3, -0.25) is 4.79 Å². The summed E-state index contributed by atoms with van der Waals surface area (Å²) in [6.45, 7) is 5.11. The smallest absolute Gasteiger partial charge is 0.265 e. The second kappa shape index (κ2) is 7.00. The number of aryl methyl sites for hydroxylation is 1. The number of ether oxygens (including phenoxy) is 1. The largest absolute Gasteiger partial charge is 0.495 e. The molecule has 6 heteroatoms. The van der Waals surface area contributed by atoms with Gasteiger partial charge in [-0.25, -0.2) is 4.98 Å². The average Bonchev–Trinajstić information content (AvgIpc) is 3.10. The molecule has 2 aromatic rings. The van der Waals surface area contributed by atoms with Crippen LogP contribution >= 0.6 is 11.3 Å². The Morgan fingerprint density at radius 2 is 2.00 bits per heavy atom. The topological polar surface area (TPSA) is 45.7 Å². The third kappa shape index (κ3) is 3.32. The minimum absolute atomic E-state index is 0.0990. The Balaban J connectivity index is 1.65. The van der Waals surface area contributed by atoms with Gasteiger partial charge in [0, 0.05) is 26.2 Å². The van der Waals surface area contributed by atoms with Crippen molar-refractivity contribution >= 4 is 22.9 Å². The van der Waals surface area contributed by atoms with Crippen molar-refractivity contribution in [1.82, 2.24) is 9.88 Å². The second-order valence-electron chi connectivity index (χ2n) is 5.42. The molecular weight excluding hydrogens is 310 g/mol. The summed E-state index contributed by atoms with van der Waals surface area (Å²) in [7, 11) is 1.69. The molecule has 1 amide bonds. The molecule has 1 aromatic carbocycles. The van der Waals surface area contributed by atoms with E-state index < -0.39 is 0 Å². The van der Waals surface area contributed by atoms with E-state index in [2.05, 4.69) is 22.9 Å². The molecule has 2 heterocycles. The van der Waals surface area contributed by atoms with Crippen molar-refractivity contribution in [2.45, 2.75) is 13.3 Å². The molecule has 0 spiro atoms. The van der Waals surface area contributed by atoms with Gasteiger partial charge in [0.15, 0.2) is 0 Å². The predicted molar refractivity (Wildman–Crippen MR) is 92.6 cm³/mol. The van der Waals surface area contributed by atoms with Crippen molar-refractivity contribution in [3.63, 3.8) is 0 Å². The van der Waals surface area contributed by atoms with Crippen LogP contribution in [0.15, 0.2) is 30.5 Å². The molecule has 0 radical (unpaired) electrons. The molecular formula is C17H21N3O2S. The molecule has 1 aliphatic rings. The number of amides is 1. The van der Waals surface area contributed by atoms with Crippen LogP contribution in [0, 0.1) is 0 Å². The Morgan fingerprint density at radius 3 is 2.65 bits per heavy atom. The number of para-hydroxylation sites is 2. The number of methoxy groups -OCH3 is 1. The number of carbonyl (C=O) groups is 1. The number of hydrogen-bond acceptors (Lipinski definition) is 5. The molecule has 0 atom stereocenters. The molecule has 1 aromatic heterocycles. The Labute approximate surface area is 140 Å². The third-order valence-corrected chi connectivity index (χ3v) is 5.19. The quantitative estimate of drug-likeness (QED) is 0.864. The first-order chi connectivity index (χ1) is 11.2. The van der Waals surface area contributed by atoms with Crippen molar-refractivity contribution in [2.75, 3.05) is 38.2 Å². The Kier molecular flexibility index (Phi) is 4.81. The summed E-state index contributed by atoms with van der Waals surface area (Å²) in [5.74, 6) is 0.976. The zero-order valence-corrected chi connectivity index (χ0v) is 14.3. The third-order valence-electron chi connectivity index (χ3n) is 4.06. The zero-order valence-electron chi connectivity index (χ0n) is 13.5. The number of aromatic nitrogens is 1. The van der Waals surface area contributed by atoms with Crippen molar-refractivity contribution in [3.05, 3.63) is 40.3 Å². The highest BCUT2D eigenvalue weighted by molar-refractivity contribution is 7.13. The van der Waals surface area contributed by atoms with Crippen LogP contribution in [0.2, 0.25) is 0 Å². The van der Waals surface area contributed by atoms with Gasteiger partial charge in [0.2, 0.25) is 0 Å². The lowest BCUT2D eigenvalue weighted by atomic mass is 10.2. The number of hydrogen-bond donors (Lipinski definition) is 0. The molecule has 0 saturated carbocycles. The van der Waals surface area contributed by atoms with Crippen LogP contribution < -0.4 is 9.64 Å². The lowest BCUT2D eigenvalue weighted by molar-refractivity contribution is 0.0751. The Bertz CT molecular complexity index is 678. The highest BCUT2D eigenvalue weighted by Gasteiger charge is 2.24. The minimum Gasteiger partial charge on any atom is -0.495 e. The monoisotopic (exact) mass is 331 g/mol. The van der Waals surface area contributed by atoms with Gasteiger partial charge in [0.05, 0.1) is 24.0 Å². The molecule has 0 bridgehead atoms. The van der Waals surface area contributed by atoms with Gasteiger partial charge >= 0.3 is 0 Å². The van der Waals surface area contributed by atoms with E-state index in [1.54, 1.807) is 13.3 Å². The Morgan fingerprint density at radius 1 is 1.26 bits per heavy atom. The molecule has 5 nitrogen and oxygen atoms in total. The Hall–Kier alpha value is -2.08. The van der Waals surface area contributed by atoms with Crippen LogP contribution in [0.1, 0.15) is 21.6 Å². The highest BCUT2D eigenvalue weighted by atomic mass is 32.1. The number of carbonyl (C=O) groups excluding carboxylic acids is 1. The van der Waals surface area contributed by atoms with Gasteiger partial charge in [-0.1, -0.05) is 19.1 Å². The molecule has 0 N–H and O–H groups in total. The fourth-order valence-electron chi connectivity index (χ4n) is 2.77. The molecule has 1 fully saturated rings. The summed E-state index contributed by atoms with van der Waals surface area (Å²) >= 11 is 1.50. The van der Waals surface area contributed by atoms with Crippen LogP contribution in [-0.4, -0.2) is 49.1 Å². The van der Waals surface area contributed by atoms with Gasteiger partial charge in [-0.05, 0) is 18.6 Å². The van der Waals surface area contributed by atoms with Crippen molar-refractivity contribution in [3.8, 4) is 5.75 Å². The van der Waals surface area contributed by atoms with Gasteiger partial charge in [-0.2, -0.15) is 0 Å². The van der Waals surface area contributed by atoms with Crippen LogP contribution in [0.4, 0.5) is 5.69 Å². The lowest BCUT2D eigenvalue weighted by Gasteiger charge is -2.36. The van der Waals surface area contributed by atoms with E-state index >= 15 is 0 Å². The second-order valence-corrected chi connectivity index (χ2v) is 6.54. The van der Waals surface area contributed by atoms with E-state index in [1.165, 1.54) is 11.3 Å². The molecule has 0 aliphatic carbocycles. The maximum atomic E-state index is 12.5. The number of rotatable bonds is 4. The molecule has 3 rings (SSSR count). The van der Waals surface area contributed by atoms with Gasteiger partial charge < -0.3 is 14.5 Å². The summed E-state index contributed by atoms with van der Waals surface area (Å²) < 4.78 is 5.43. The first kappa shape index (κ1) is 15.8. The van der Waals surface area contributed by atoms with E-state index in [1.807, 2.05) is 23.1 Å². The normalized spacial score (nSPS) is 14.9. The van der Waals surface area contributed by atoms with Crippen LogP contribution in [0.25, 0.3) is 0 Å². The van der Waals surface area contributed by atoms with Crippen molar-refractivity contribution < 1.29 is 9.53 Å². The summed E-state index contributed by atoms with van der Waals surface area (Å²) in [6.07, 6.45) is 2.58. The predicted octanol–water partition coefficient (Wildman–Crippen LogP) is 2.68. The zero-order chi connectivity index (χ0) is 16.2. The van der Waals surface area contributed by atoms with Crippen LogP contribution in [0.5, 0.6) is 5.75 Å². The maximum absolute atomic E-state index is 12.5. The SMILES string of the molecule is CCc1ncc(C(=O)N2CCN(c3ccccc3OC)CC2)s1. The molecule has 0 unspecified atom stereocenters. The maximum Gasteiger partial charge on any atom is 0.265 e. The van der Waals surface area contributed by atoms with Gasteiger partial charge in [-0.15, -0.1) is 11.3 Å². The fourth-order valence-corrected chi connectivity index (χ4v) is 3.60. The number of nitrogens with zero attached hydrogens (tertiary/aromatic N) is 3. The number of thiazole rings is 1. The van der Waals surface area contributed by atoms with E-state index in [0.29, 0.717) is 0 Å². The number of anilines is 1. The van der Waals surface area contributed by atoms with Crippen molar-refractivity contribution in [2.24, 2.45) is 0 Å². The first-order valence-electron chi connectivity index (χ1n) is 7.85.